The third-order valence-corrected chi connectivity index (χ3v) is 5.88. The first-order chi connectivity index (χ1) is 18.5. The third kappa shape index (κ3) is 6.81. The number of hydrogen-bond acceptors (Lipinski definition) is 5. The Bertz CT molecular complexity index is 1500. The lowest BCUT2D eigenvalue weighted by atomic mass is 10.1. The number of aromatic nitrogens is 3. The van der Waals surface area contributed by atoms with Gasteiger partial charge in [0, 0.05) is 49.5 Å². The van der Waals surface area contributed by atoms with Gasteiger partial charge in [-0.1, -0.05) is 24.3 Å². The summed E-state index contributed by atoms with van der Waals surface area (Å²) < 4.78 is 46.3. The van der Waals surface area contributed by atoms with Crippen molar-refractivity contribution in [2.75, 3.05) is 26.0 Å². The van der Waals surface area contributed by atoms with Crippen molar-refractivity contribution in [3.05, 3.63) is 90.0 Å². The molecule has 4 aromatic rings. The minimum absolute atomic E-state index is 0.125. The van der Waals surface area contributed by atoms with Crippen LogP contribution in [0.4, 0.5) is 18.9 Å². The summed E-state index contributed by atoms with van der Waals surface area (Å²) in [7, 11) is 3.29. The van der Waals surface area contributed by atoms with Crippen molar-refractivity contribution in [1.29, 1.82) is 0 Å². The monoisotopic (exact) mass is 537 g/mol. The molecule has 202 valence electrons. The van der Waals surface area contributed by atoms with Crippen LogP contribution in [0.15, 0.2) is 73.3 Å². The molecule has 0 unspecified atom stereocenters. The lowest BCUT2D eigenvalue weighted by molar-refractivity contribution is -0.137. The van der Waals surface area contributed by atoms with Gasteiger partial charge in [0.25, 0.3) is 5.91 Å². The number of likely N-dealkylation sites (N-methyl/N-ethyl adjacent to an activating group) is 1. The van der Waals surface area contributed by atoms with Gasteiger partial charge in [-0.3, -0.25) is 14.6 Å². The largest absolute Gasteiger partial charge is 0.483 e. The smallest absolute Gasteiger partial charge is 0.416 e. The Morgan fingerprint density at radius 3 is 2.62 bits per heavy atom. The molecule has 0 aliphatic rings. The van der Waals surface area contributed by atoms with Crippen LogP contribution in [0.25, 0.3) is 16.8 Å². The van der Waals surface area contributed by atoms with Gasteiger partial charge < -0.3 is 15.0 Å². The molecule has 0 saturated carbocycles. The average molecular weight is 538 g/mol. The Labute approximate surface area is 223 Å². The molecule has 0 fully saturated rings. The molecule has 39 heavy (non-hydrogen) atoms. The maximum absolute atomic E-state index is 13.0. The summed E-state index contributed by atoms with van der Waals surface area (Å²) in [6, 6.07) is 11.6. The molecule has 11 heteroatoms. The minimum atomic E-state index is -4.48. The molecule has 0 radical (unpaired) electrons. The lowest BCUT2D eigenvalue weighted by Crippen LogP contribution is -2.27. The van der Waals surface area contributed by atoms with Crippen LogP contribution in [-0.4, -0.2) is 52.2 Å². The number of hydrogen-bond donors (Lipinski definition) is 1. The van der Waals surface area contributed by atoms with Crippen molar-refractivity contribution in [3.8, 4) is 22.6 Å². The number of ether oxygens (including phenoxy) is 1. The summed E-state index contributed by atoms with van der Waals surface area (Å²) >= 11 is 0. The molecule has 2 amide bonds. The zero-order chi connectivity index (χ0) is 28.2. The Morgan fingerprint density at radius 1 is 1.08 bits per heavy atom. The van der Waals surface area contributed by atoms with Gasteiger partial charge in [0.1, 0.15) is 5.75 Å². The number of benzene rings is 2. The van der Waals surface area contributed by atoms with Crippen LogP contribution in [0.5, 0.6) is 5.75 Å². The molecule has 2 aromatic carbocycles. The molecular formula is C28H26F3N5O3. The van der Waals surface area contributed by atoms with Crippen molar-refractivity contribution >= 4 is 17.5 Å². The predicted octanol–water partition coefficient (Wildman–Crippen LogP) is 4.91. The van der Waals surface area contributed by atoms with E-state index in [-0.39, 0.29) is 24.5 Å². The number of nitrogens with zero attached hydrogens (tertiary/aromatic N) is 4. The SMILES string of the molecule is Cc1ccc(NC(=O)Cc2cccc(C(F)(F)F)c2)cc1-n1cc(-c2cnccc2OCC(=O)N(C)C)cn1. The number of nitrogens with one attached hydrogen (secondary N) is 1. The Morgan fingerprint density at radius 2 is 1.87 bits per heavy atom. The summed E-state index contributed by atoms with van der Waals surface area (Å²) in [4.78, 5) is 30.1. The second-order valence-corrected chi connectivity index (χ2v) is 9.05. The quantitative estimate of drug-likeness (QED) is 0.345. The lowest BCUT2D eigenvalue weighted by Gasteiger charge is -2.13. The highest BCUT2D eigenvalue weighted by Gasteiger charge is 2.30. The molecule has 0 spiro atoms. The van der Waals surface area contributed by atoms with Crippen LogP contribution < -0.4 is 10.1 Å². The van der Waals surface area contributed by atoms with Crippen LogP contribution in [-0.2, 0) is 22.2 Å². The maximum Gasteiger partial charge on any atom is 0.416 e. The van der Waals surface area contributed by atoms with Crippen molar-refractivity contribution in [2.24, 2.45) is 0 Å². The zero-order valence-electron chi connectivity index (χ0n) is 21.5. The molecule has 1 N–H and O–H groups in total. The van der Waals surface area contributed by atoms with Crippen molar-refractivity contribution in [3.63, 3.8) is 0 Å². The highest BCUT2D eigenvalue weighted by atomic mass is 19.4. The highest BCUT2D eigenvalue weighted by molar-refractivity contribution is 5.92. The second kappa shape index (κ2) is 11.4. The zero-order valence-corrected chi connectivity index (χ0v) is 21.5. The fourth-order valence-corrected chi connectivity index (χ4v) is 3.77. The number of carbonyl (C=O) groups excluding carboxylic acids is 2. The van der Waals surface area contributed by atoms with E-state index in [1.165, 1.54) is 17.0 Å². The van der Waals surface area contributed by atoms with Crippen LogP contribution in [0.2, 0.25) is 0 Å². The number of halogens is 3. The number of carbonyl (C=O) groups is 2. The number of rotatable bonds is 8. The Kier molecular flexibility index (Phi) is 7.99. The van der Waals surface area contributed by atoms with Crippen LogP contribution in [0.3, 0.4) is 0 Å². The first-order valence-electron chi connectivity index (χ1n) is 11.9. The molecular weight excluding hydrogens is 511 g/mol. The van der Waals surface area contributed by atoms with E-state index in [0.717, 1.165) is 17.7 Å². The fourth-order valence-electron chi connectivity index (χ4n) is 3.77. The predicted molar refractivity (Wildman–Crippen MR) is 139 cm³/mol. The normalized spacial score (nSPS) is 11.2. The van der Waals surface area contributed by atoms with E-state index in [0.29, 0.717) is 28.3 Å². The number of anilines is 1. The minimum Gasteiger partial charge on any atom is -0.483 e. The highest BCUT2D eigenvalue weighted by Crippen LogP contribution is 2.31. The summed E-state index contributed by atoms with van der Waals surface area (Å²) in [5.74, 6) is -0.155. The van der Waals surface area contributed by atoms with Crippen molar-refractivity contribution in [1.82, 2.24) is 19.7 Å². The molecule has 0 aliphatic heterocycles. The first-order valence-corrected chi connectivity index (χ1v) is 11.9. The Balaban J connectivity index is 1.51. The number of pyridine rings is 1. The van der Waals surface area contributed by atoms with Gasteiger partial charge >= 0.3 is 6.18 Å². The molecule has 2 heterocycles. The molecule has 0 bridgehead atoms. The van der Waals surface area contributed by atoms with Gasteiger partial charge in [-0.25, -0.2) is 4.68 Å². The molecule has 4 rings (SSSR count). The van der Waals surface area contributed by atoms with Crippen molar-refractivity contribution < 1.29 is 27.5 Å². The molecule has 0 aliphatic carbocycles. The van der Waals surface area contributed by atoms with Gasteiger partial charge in [-0.05, 0) is 42.3 Å². The number of aryl methyl sites for hydroxylation is 1. The van der Waals surface area contributed by atoms with Gasteiger partial charge in [0.05, 0.1) is 23.9 Å². The average Bonchev–Trinajstić information content (AvgIpc) is 3.38. The standard InChI is InChI=1S/C28H26F3N5O3/c1-18-7-8-22(34-26(37)12-19-5-4-6-21(11-19)28(29,30)31)13-24(18)36-16-20(14-33-36)23-15-32-10-9-25(23)39-17-27(38)35(2)3/h4-11,13-16H,12,17H2,1-3H3,(H,34,37). The van der Waals surface area contributed by atoms with Gasteiger partial charge in [0.2, 0.25) is 5.91 Å². The third-order valence-electron chi connectivity index (χ3n) is 5.88. The summed E-state index contributed by atoms with van der Waals surface area (Å²) in [6.45, 7) is 1.76. The molecule has 2 aromatic heterocycles. The topological polar surface area (TPSA) is 89.3 Å². The van der Waals surface area contributed by atoms with E-state index in [9.17, 15) is 22.8 Å². The van der Waals surface area contributed by atoms with E-state index < -0.39 is 17.6 Å². The fraction of sp³-hybridized carbons (Fsp3) is 0.214. The van der Waals surface area contributed by atoms with Gasteiger partial charge in [-0.15, -0.1) is 0 Å². The molecule has 8 nitrogen and oxygen atoms in total. The van der Waals surface area contributed by atoms with Crippen LogP contribution >= 0.6 is 0 Å². The Hall–Kier alpha value is -4.67. The van der Waals surface area contributed by atoms with E-state index in [4.69, 9.17) is 4.74 Å². The molecule has 0 saturated heterocycles. The van der Waals surface area contributed by atoms with E-state index in [2.05, 4.69) is 15.4 Å². The van der Waals surface area contributed by atoms with Crippen LogP contribution in [0, 0.1) is 6.92 Å². The maximum atomic E-state index is 13.0. The van der Waals surface area contributed by atoms with E-state index >= 15 is 0 Å². The summed E-state index contributed by atoms with van der Waals surface area (Å²) in [5, 5.41) is 7.19. The van der Waals surface area contributed by atoms with Gasteiger partial charge in [0.15, 0.2) is 6.61 Å². The summed E-state index contributed by atoms with van der Waals surface area (Å²) in [5.41, 5.74) is 2.84. The van der Waals surface area contributed by atoms with E-state index in [1.54, 1.807) is 61.8 Å². The van der Waals surface area contributed by atoms with E-state index in [1.807, 2.05) is 13.0 Å². The number of alkyl halides is 3. The first kappa shape index (κ1) is 27.4. The second-order valence-electron chi connectivity index (χ2n) is 9.05. The summed E-state index contributed by atoms with van der Waals surface area (Å²) in [6.07, 6.45) is 1.91. The molecule has 0 atom stereocenters. The van der Waals surface area contributed by atoms with Crippen LogP contribution in [0.1, 0.15) is 16.7 Å². The van der Waals surface area contributed by atoms with Gasteiger partial charge in [-0.2, -0.15) is 18.3 Å². The number of amides is 2. The van der Waals surface area contributed by atoms with Crippen molar-refractivity contribution in [2.45, 2.75) is 19.5 Å².